The highest BCUT2D eigenvalue weighted by Gasteiger charge is 2.22. The first-order valence-electron chi connectivity index (χ1n) is 4.70. The fraction of sp³-hybridized carbons (Fsp3) is 0.750. The lowest BCUT2D eigenvalue weighted by molar-refractivity contribution is 0.0238. The van der Waals surface area contributed by atoms with Crippen molar-refractivity contribution in [3.63, 3.8) is 0 Å². The molecule has 1 atom stereocenters. The molecule has 0 radical (unpaired) electrons. The highest BCUT2D eigenvalue weighted by Crippen LogP contribution is 2.27. The van der Waals surface area contributed by atoms with Gasteiger partial charge in [-0.15, -0.1) is 0 Å². The third-order valence-electron chi connectivity index (χ3n) is 1.89. The summed E-state index contributed by atoms with van der Waals surface area (Å²) in [6.07, 6.45) is 1.38. The lowest BCUT2D eigenvalue weighted by Gasteiger charge is -2.29. The second-order valence-corrected chi connectivity index (χ2v) is 7.54. The summed E-state index contributed by atoms with van der Waals surface area (Å²) in [5, 5.41) is 0. The Morgan fingerprint density at radius 3 is 2.69 bits per heavy atom. The van der Waals surface area contributed by atoms with Gasteiger partial charge in [0.05, 0.1) is 0 Å². The Morgan fingerprint density at radius 1 is 1.62 bits per heavy atom. The summed E-state index contributed by atoms with van der Waals surface area (Å²) in [4.78, 5) is 0. The second kappa shape index (κ2) is 4.83. The maximum absolute atomic E-state index is 5.52. The van der Waals surface area contributed by atoms with Gasteiger partial charge in [0, 0.05) is 6.42 Å². The minimum atomic E-state index is -0.891. The standard InChI is InChI=1S/C8H18O3Si2/c1-6-5-8(9-6)7(2)10-12-11-13(3)4/h6,13H,5,12H2,1-4H3. The van der Waals surface area contributed by atoms with E-state index in [1.807, 2.05) is 6.92 Å². The van der Waals surface area contributed by atoms with E-state index in [1.165, 1.54) is 0 Å². The van der Waals surface area contributed by atoms with Gasteiger partial charge in [-0.1, -0.05) is 0 Å². The predicted molar refractivity (Wildman–Crippen MR) is 57.5 cm³/mol. The van der Waals surface area contributed by atoms with Crippen LogP contribution in [0.3, 0.4) is 0 Å². The maximum Gasteiger partial charge on any atom is 0.355 e. The summed E-state index contributed by atoms with van der Waals surface area (Å²) >= 11 is 0. The molecule has 0 amide bonds. The van der Waals surface area contributed by atoms with Crippen LogP contribution in [0.2, 0.25) is 13.1 Å². The minimum Gasteiger partial charge on any atom is -0.526 e. The lowest BCUT2D eigenvalue weighted by Crippen LogP contribution is -2.23. The van der Waals surface area contributed by atoms with Crippen molar-refractivity contribution >= 4 is 19.0 Å². The van der Waals surface area contributed by atoms with Crippen LogP contribution in [0.4, 0.5) is 0 Å². The first-order chi connectivity index (χ1) is 6.09. The van der Waals surface area contributed by atoms with Gasteiger partial charge in [0.2, 0.25) is 0 Å². The van der Waals surface area contributed by atoms with E-state index in [-0.39, 0.29) is 0 Å². The maximum atomic E-state index is 5.52. The molecule has 0 aromatic carbocycles. The molecule has 1 unspecified atom stereocenters. The molecule has 1 fully saturated rings. The zero-order valence-corrected chi connectivity index (χ0v) is 11.4. The van der Waals surface area contributed by atoms with E-state index in [0.29, 0.717) is 6.10 Å². The average Bonchev–Trinajstić information content (AvgIpc) is 1.97. The summed E-state index contributed by atoms with van der Waals surface area (Å²) < 4.78 is 16.4. The quantitative estimate of drug-likeness (QED) is 0.521. The van der Waals surface area contributed by atoms with Gasteiger partial charge < -0.3 is 13.3 Å². The smallest absolute Gasteiger partial charge is 0.355 e. The van der Waals surface area contributed by atoms with Crippen LogP contribution in [0.5, 0.6) is 0 Å². The Balaban J connectivity index is 2.18. The third kappa shape index (κ3) is 3.54. The van der Waals surface area contributed by atoms with E-state index in [4.69, 9.17) is 13.3 Å². The molecule has 5 heteroatoms. The van der Waals surface area contributed by atoms with Crippen molar-refractivity contribution in [2.75, 3.05) is 0 Å². The van der Waals surface area contributed by atoms with E-state index < -0.39 is 19.0 Å². The zero-order chi connectivity index (χ0) is 9.84. The van der Waals surface area contributed by atoms with Crippen LogP contribution < -0.4 is 0 Å². The van der Waals surface area contributed by atoms with Gasteiger partial charge in [-0.3, -0.25) is 0 Å². The van der Waals surface area contributed by atoms with Crippen molar-refractivity contribution in [2.24, 2.45) is 0 Å². The first kappa shape index (κ1) is 10.8. The highest BCUT2D eigenvalue weighted by atomic mass is 28.4. The Hall–Kier alpha value is -0.266. The van der Waals surface area contributed by atoms with Gasteiger partial charge in [-0.05, 0) is 26.9 Å². The molecule has 0 bridgehead atoms. The Morgan fingerprint density at radius 2 is 2.23 bits per heavy atom. The fourth-order valence-electron chi connectivity index (χ4n) is 1.06. The van der Waals surface area contributed by atoms with Gasteiger partial charge >= 0.3 is 10.0 Å². The van der Waals surface area contributed by atoms with Crippen molar-refractivity contribution in [1.29, 1.82) is 0 Å². The van der Waals surface area contributed by atoms with Crippen LogP contribution in [0, 0.1) is 0 Å². The molecular formula is C8H18O3Si2. The highest BCUT2D eigenvalue weighted by molar-refractivity contribution is 6.54. The number of ether oxygens (including phenoxy) is 1. The predicted octanol–water partition coefficient (Wildman–Crippen LogP) is 1.04. The molecule has 1 saturated heterocycles. The van der Waals surface area contributed by atoms with Crippen molar-refractivity contribution in [2.45, 2.75) is 39.5 Å². The van der Waals surface area contributed by atoms with Gasteiger partial charge in [0.1, 0.15) is 17.6 Å². The van der Waals surface area contributed by atoms with Gasteiger partial charge in [-0.25, -0.2) is 0 Å². The normalized spacial score (nSPS) is 26.1. The summed E-state index contributed by atoms with van der Waals surface area (Å²) in [6, 6.07) is 0. The van der Waals surface area contributed by atoms with E-state index in [9.17, 15) is 0 Å². The summed E-state index contributed by atoms with van der Waals surface area (Å²) in [7, 11) is -1.69. The van der Waals surface area contributed by atoms with Crippen molar-refractivity contribution in [3.05, 3.63) is 11.5 Å². The molecule has 13 heavy (non-hydrogen) atoms. The summed E-state index contributed by atoms with van der Waals surface area (Å²) in [5.41, 5.74) is 0. The van der Waals surface area contributed by atoms with Gasteiger partial charge in [0.25, 0.3) is 0 Å². The SMILES string of the molecule is CC(O[SiH2]O[SiH](C)C)=C1CC(C)O1. The molecule has 0 aromatic rings. The Labute approximate surface area is 83.9 Å². The van der Waals surface area contributed by atoms with Crippen LogP contribution in [0.1, 0.15) is 20.3 Å². The molecule has 0 saturated carbocycles. The minimum absolute atomic E-state index is 0.371. The molecule has 1 aliphatic rings. The number of allylic oxidation sites excluding steroid dienone is 1. The largest absolute Gasteiger partial charge is 0.526 e. The van der Waals surface area contributed by atoms with Gasteiger partial charge in [-0.2, -0.15) is 0 Å². The lowest BCUT2D eigenvalue weighted by atomic mass is 10.1. The molecule has 1 rings (SSSR count). The zero-order valence-electron chi connectivity index (χ0n) is 8.79. The van der Waals surface area contributed by atoms with E-state index in [1.54, 1.807) is 0 Å². The summed E-state index contributed by atoms with van der Waals surface area (Å²) in [5.74, 6) is 1.94. The fourth-order valence-corrected chi connectivity index (χ4v) is 2.76. The van der Waals surface area contributed by atoms with Crippen LogP contribution in [0.15, 0.2) is 11.5 Å². The van der Waals surface area contributed by atoms with Crippen molar-refractivity contribution in [3.8, 4) is 0 Å². The van der Waals surface area contributed by atoms with E-state index in [2.05, 4.69) is 20.0 Å². The summed E-state index contributed by atoms with van der Waals surface area (Å²) in [6.45, 7) is 8.33. The average molecular weight is 218 g/mol. The molecule has 0 N–H and O–H groups in total. The monoisotopic (exact) mass is 218 g/mol. The molecule has 0 spiro atoms. The molecule has 1 aliphatic heterocycles. The van der Waals surface area contributed by atoms with E-state index in [0.717, 1.165) is 17.9 Å². The topological polar surface area (TPSA) is 27.7 Å². The molecule has 76 valence electrons. The first-order valence-corrected chi connectivity index (χ1v) is 8.64. The Kier molecular flexibility index (Phi) is 4.02. The molecule has 0 aliphatic carbocycles. The van der Waals surface area contributed by atoms with Crippen molar-refractivity contribution in [1.82, 2.24) is 0 Å². The molecule has 0 aromatic heterocycles. The van der Waals surface area contributed by atoms with Crippen LogP contribution in [0.25, 0.3) is 0 Å². The van der Waals surface area contributed by atoms with Gasteiger partial charge in [0.15, 0.2) is 9.04 Å². The van der Waals surface area contributed by atoms with E-state index >= 15 is 0 Å². The second-order valence-electron chi connectivity index (χ2n) is 3.59. The van der Waals surface area contributed by atoms with Crippen LogP contribution >= 0.6 is 0 Å². The number of hydrogen-bond acceptors (Lipinski definition) is 3. The molecule has 1 heterocycles. The van der Waals surface area contributed by atoms with Crippen LogP contribution in [-0.4, -0.2) is 25.2 Å². The van der Waals surface area contributed by atoms with Crippen molar-refractivity contribution < 1.29 is 13.3 Å². The Bertz CT molecular complexity index is 196. The van der Waals surface area contributed by atoms with Crippen LogP contribution in [-0.2, 0) is 13.3 Å². The number of rotatable bonds is 4. The number of hydrogen-bond donors (Lipinski definition) is 0. The molecular weight excluding hydrogens is 200 g/mol. The third-order valence-corrected chi connectivity index (χ3v) is 5.65. The molecule has 3 nitrogen and oxygen atoms in total.